The summed E-state index contributed by atoms with van der Waals surface area (Å²) in [4.78, 5) is 52.5. The molecule has 0 aromatic rings. The maximum atomic E-state index is 13.2. The predicted octanol–water partition coefficient (Wildman–Crippen LogP) is 5.61. The molecular weight excluding hydrogens is 737 g/mol. The minimum absolute atomic E-state index is 0.0315. The van der Waals surface area contributed by atoms with Gasteiger partial charge < -0.3 is 20.4 Å². The molecule has 0 radical (unpaired) electrons. The molecule has 0 spiro atoms. The van der Waals surface area contributed by atoms with E-state index in [1.807, 2.05) is 0 Å². The molecule has 54 heavy (non-hydrogen) atoms. The molecule has 0 aromatic heterocycles. The van der Waals surface area contributed by atoms with E-state index in [1.54, 1.807) is 13.8 Å². The van der Waals surface area contributed by atoms with Crippen LogP contribution in [0.25, 0.3) is 0 Å². The summed E-state index contributed by atoms with van der Waals surface area (Å²) in [5.74, 6) is -1.59. The van der Waals surface area contributed by atoms with Crippen LogP contribution >= 0.6 is 0 Å². The zero-order chi connectivity index (χ0) is 40.8. The van der Waals surface area contributed by atoms with Crippen molar-refractivity contribution in [3.63, 3.8) is 0 Å². The van der Waals surface area contributed by atoms with Crippen LogP contribution < -0.4 is 10.6 Å². The van der Waals surface area contributed by atoms with E-state index in [2.05, 4.69) is 23.8 Å². The van der Waals surface area contributed by atoms with Crippen molar-refractivity contribution in [1.29, 1.82) is 0 Å². The molecule has 0 aromatic carbocycles. The fourth-order valence-electron chi connectivity index (χ4n) is 5.79. The molecule has 0 aliphatic rings. The highest BCUT2D eigenvalue weighted by Crippen LogP contribution is 2.13. The van der Waals surface area contributed by atoms with E-state index in [9.17, 15) is 45.1 Å². The van der Waals surface area contributed by atoms with Crippen LogP contribution in [0.3, 0.4) is 0 Å². The lowest BCUT2D eigenvalue weighted by molar-refractivity contribution is -0.135. The maximum absolute atomic E-state index is 13.2. The first-order valence-corrected chi connectivity index (χ1v) is 23.0. The summed E-state index contributed by atoms with van der Waals surface area (Å²) >= 11 is 0. The van der Waals surface area contributed by atoms with Gasteiger partial charge in [-0.3, -0.25) is 28.3 Å². The third kappa shape index (κ3) is 31.5. The Hall–Kier alpha value is -2.82. The minimum atomic E-state index is -4.21. The predicted molar refractivity (Wildman–Crippen MR) is 214 cm³/mol. The van der Waals surface area contributed by atoms with Gasteiger partial charge in [-0.2, -0.15) is 16.8 Å². The van der Waals surface area contributed by atoms with E-state index in [-0.39, 0.29) is 75.5 Å². The Labute approximate surface area is 325 Å². The molecule has 0 aliphatic carbocycles. The van der Waals surface area contributed by atoms with Crippen molar-refractivity contribution in [1.82, 2.24) is 20.4 Å². The largest absolute Gasteiger partial charge is 0.352 e. The highest BCUT2D eigenvalue weighted by atomic mass is 32.2. The number of unbranched alkanes of at least 4 members (excludes halogenated alkanes) is 14. The van der Waals surface area contributed by atoms with Gasteiger partial charge in [0.25, 0.3) is 20.2 Å². The molecule has 0 unspecified atom stereocenters. The summed E-state index contributed by atoms with van der Waals surface area (Å²) in [5.41, 5.74) is 0.995. The van der Waals surface area contributed by atoms with Gasteiger partial charge in [0.2, 0.25) is 23.6 Å². The monoisotopic (exact) mass is 806 g/mol. The van der Waals surface area contributed by atoms with Crippen LogP contribution in [-0.4, -0.2) is 110 Å². The lowest BCUT2D eigenvalue weighted by Gasteiger charge is -2.28. The number of carbonyl (C=O) groups is 4. The van der Waals surface area contributed by atoms with Crippen LogP contribution in [-0.2, 0) is 39.4 Å². The molecule has 0 bridgehead atoms. The van der Waals surface area contributed by atoms with Crippen LogP contribution in [0.4, 0.5) is 0 Å². The van der Waals surface area contributed by atoms with Crippen molar-refractivity contribution >= 4 is 43.9 Å². The van der Waals surface area contributed by atoms with Gasteiger partial charge in [-0.15, -0.1) is 0 Å². The molecule has 0 atom stereocenters. The molecule has 314 valence electrons. The second kappa shape index (κ2) is 30.4. The number of nitrogens with zero attached hydrogens (tertiary/aromatic N) is 2. The van der Waals surface area contributed by atoms with Crippen molar-refractivity contribution in [3.8, 4) is 0 Å². The normalized spacial score (nSPS) is 11.6. The number of nitrogens with one attached hydrogen (secondary N) is 2. The number of carbonyl (C=O) groups excluding carboxylic acids is 4. The zero-order valence-corrected chi connectivity index (χ0v) is 34.7. The van der Waals surface area contributed by atoms with Gasteiger partial charge in [0.1, 0.15) is 0 Å². The Morgan fingerprint density at radius 3 is 1.02 bits per heavy atom. The van der Waals surface area contributed by atoms with Crippen molar-refractivity contribution in [2.24, 2.45) is 0 Å². The summed E-state index contributed by atoms with van der Waals surface area (Å²) < 4.78 is 63.7. The number of hydrogen-bond donors (Lipinski definition) is 4. The van der Waals surface area contributed by atoms with Crippen molar-refractivity contribution in [2.45, 2.75) is 142 Å². The second-order valence-electron chi connectivity index (χ2n) is 14.3. The van der Waals surface area contributed by atoms with Crippen LogP contribution in [0.1, 0.15) is 142 Å². The van der Waals surface area contributed by atoms with E-state index in [1.165, 1.54) is 9.80 Å². The fraction of sp³-hybridized carbons (Fsp3) is 0.789. The SMILES string of the molecule is C=C(C)C(=O)NCCCCCCCCCCC(=O)N(CCCS(=O)(=O)O)CCN(CCCS(=O)(=O)O)C(=O)CCCCCCCCCCNC(=O)C(=C)C. The smallest absolute Gasteiger partial charge is 0.264 e. The number of hydrogen-bond acceptors (Lipinski definition) is 8. The molecule has 0 saturated carbocycles. The standard InChI is InChI=1S/C38H70N4O10S2/c1-33(2)37(45)39-25-19-15-11-7-5-9-13-17-23-35(43)41(27-21-31-53(47,48)49)29-30-42(28-22-32-54(50,51)52)36(44)24-18-14-10-6-8-12-16-20-26-40-38(46)34(3)4/h1,3,5-32H2,2,4H3,(H,39,45)(H,40,46)(H,47,48,49)(H,50,51,52). The highest BCUT2D eigenvalue weighted by molar-refractivity contribution is 7.86. The maximum Gasteiger partial charge on any atom is 0.264 e. The lowest BCUT2D eigenvalue weighted by Crippen LogP contribution is -2.42. The summed E-state index contributed by atoms with van der Waals surface area (Å²) in [7, 11) is -8.42. The molecule has 4 amide bonds. The molecule has 0 saturated heterocycles. The molecule has 0 aliphatic heterocycles. The first-order chi connectivity index (χ1) is 25.4. The van der Waals surface area contributed by atoms with E-state index < -0.39 is 31.7 Å². The van der Waals surface area contributed by atoms with Gasteiger partial charge in [0, 0.05) is 63.3 Å². The van der Waals surface area contributed by atoms with Crippen molar-refractivity contribution < 1.29 is 45.1 Å². The quantitative estimate of drug-likeness (QED) is 0.0354. The zero-order valence-electron chi connectivity index (χ0n) is 33.1. The molecule has 0 rings (SSSR count). The van der Waals surface area contributed by atoms with Gasteiger partial charge >= 0.3 is 0 Å². The summed E-state index contributed by atoms with van der Waals surface area (Å²) in [5, 5.41) is 5.65. The Morgan fingerprint density at radius 2 is 0.741 bits per heavy atom. The first-order valence-electron chi connectivity index (χ1n) is 19.8. The van der Waals surface area contributed by atoms with Gasteiger partial charge in [-0.1, -0.05) is 90.2 Å². The molecule has 0 heterocycles. The van der Waals surface area contributed by atoms with E-state index in [0.29, 0.717) is 37.1 Å². The van der Waals surface area contributed by atoms with Gasteiger partial charge in [-0.05, 0) is 52.4 Å². The van der Waals surface area contributed by atoms with Gasteiger partial charge in [0.15, 0.2) is 0 Å². The van der Waals surface area contributed by atoms with Crippen LogP contribution in [0.2, 0.25) is 0 Å². The second-order valence-corrected chi connectivity index (χ2v) is 17.4. The highest BCUT2D eigenvalue weighted by Gasteiger charge is 2.20. The molecule has 4 N–H and O–H groups in total. The van der Waals surface area contributed by atoms with Crippen LogP contribution in [0.5, 0.6) is 0 Å². The molecule has 0 fully saturated rings. The van der Waals surface area contributed by atoms with E-state index in [4.69, 9.17) is 0 Å². The summed E-state index contributed by atoms with van der Waals surface area (Å²) in [6, 6.07) is 0. The average Bonchev–Trinajstić information content (AvgIpc) is 3.08. The van der Waals surface area contributed by atoms with E-state index in [0.717, 1.165) is 89.9 Å². The summed E-state index contributed by atoms with van der Waals surface area (Å²) in [6.45, 7) is 12.3. The Bertz CT molecular complexity index is 1250. The molecule has 16 heteroatoms. The molecule has 14 nitrogen and oxygen atoms in total. The Morgan fingerprint density at radius 1 is 0.463 bits per heavy atom. The third-order valence-corrected chi connectivity index (χ3v) is 10.6. The van der Waals surface area contributed by atoms with Crippen LogP contribution in [0.15, 0.2) is 24.3 Å². The lowest BCUT2D eigenvalue weighted by atomic mass is 10.1. The fourth-order valence-corrected chi connectivity index (χ4v) is 6.77. The van der Waals surface area contributed by atoms with Gasteiger partial charge in [-0.25, -0.2) is 0 Å². The first kappa shape index (κ1) is 51.2. The molecular formula is C38H70N4O10S2. The Balaban J connectivity index is 4.80. The third-order valence-electron chi connectivity index (χ3n) is 8.99. The number of rotatable bonds is 35. The Kier molecular flexibility index (Phi) is 28.8. The van der Waals surface area contributed by atoms with Crippen LogP contribution in [0, 0.1) is 0 Å². The van der Waals surface area contributed by atoms with Gasteiger partial charge in [0.05, 0.1) is 11.5 Å². The van der Waals surface area contributed by atoms with E-state index >= 15 is 0 Å². The summed E-state index contributed by atoms with van der Waals surface area (Å²) in [6.07, 6.45) is 15.7. The topological polar surface area (TPSA) is 208 Å². The number of amides is 4. The van der Waals surface area contributed by atoms with Crippen molar-refractivity contribution in [2.75, 3.05) is 50.8 Å². The van der Waals surface area contributed by atoms with Crippen molar-refractivity contribution in [3.05, 3.63) is 24.3 Å². The average molecular weight is 807 g/mol. The minimum Gasteiger partial charge on any atom is -0.352 e.